The van der Waals surface area contributed by atoms with Gasteiger partial charge < -0.3 is 4.90 Å². The summed E-state index contributed by atoms with van der Waals surface area (Å²) in [7, 11) is 0. The van der Waals surface area contributed by atoms with Crippen LogP contribution in [-0.4, -0.2) is 26.0 Å². The van der Waals surface area contributed by atoms with E-state index in [1.54, 1.807) is 4.52 Å². The molecule has 0 saturated heterocycles. The molecule has 2 aromatic heterocycles. The number of hydrogen-bond donors (Lipinski definition) is 0. The minimum atomic E-state index is -0.234. The number of aromatic nitrogens is 2. The second-order valence-electron chi connectivity index (χ2n) is 6.90. The fourth-order valence-corrected chi connectivity index (χ4v) is 3.71. The molecule has 4 rings (SSSR count). The molecule has 24 heavy (non-hydrogen) atoms. The highest BCUT2D eigenvalue weighted by atomic mass is 79.9. The first-order chi connectivity index (χ1) is 11.4. The fourth-order valence-electron chi connectivity index (χ4n) is 3.38. The summed E-state index contributed by atoms with van der Waals surface area (Å²) < 4.78 is 2.67. The van der Waals surface area contributed by atoms with E-state index in [2.05, 4.69) is 53.1 Å². The summed E-state index contributed by atoms with van der Waals surface area (Å²) in [6.07, 6.45) is 2.72. The van der Waals surface area contributed by atoms with Crippen molar-refractivity contribution in [3.8, 4) is 0 Å². The lowest BCUT2D eigenvalue weighted by atomic mass is 9.85. The Hall–Kier alpha value is -2.14. The average molecular weight is 384 g/mol. The maximum absolute atomic E-state index is 13.1. The van der Waals surface area contributed by atoms with Crippen molar-refractivity contribution in [2.24, 2.45) is 0 Å². The SMILES string of the molecule is CC1(C)Cc2ccccc2CN1C(=O)c1cc2ccc(Br)cn2n1. The zero-order valence-electron chi connectivity index (χ0n) is 13.7. The molecule has 1 amide bonds. The molecule has 1 aliphatic rings. The van der Waals surface area contributed by atoms with Gasteiger partial charge in [0.1, 0.15) is 0 Å². The number of rotatable bonds is 1. The van der Waals surface area contributed by atoms with E-state index in [0.29, 0.717) is 12.2 Å². The van der Waals surface area contributed by atoms with E-state index in [4.69, 9.17) is 0 Å². The van der Waals surface area contributed by atoms with Crippen LogP contribution in [0, 0.1) is 0 Å². The van der Waals surface area contributed by atoms with Crippen LogP contribution in [0.4, 0.5) is 0 Å². The molecule has 4 nitrogen and oxygen atoms in total. The molecule has 122 valence electrons. The number of nitrogens with zero attached hydrogens (tertiary/aromatic N) is 3. The third-order valence-corrected chi connectivity index (χ3v) is 5.16. The van der Waals surface area contributed by atoms with Crippen molar-refractivity contribution >= 4 is 27.4 Å². The van der Waals surface area contributed by atoms with Gasteiger partial charge >= 0.3 is 0 Å². The Labute approximate surface area is 149 Å². The molecule has 0 spiro atoms. The topological polar surface area (TPSA) is 37.6 Å². The summed E-state index contributed by atoms with van der Waals surface area (Å²) in [5, 5.41) is 4.47. The highest BCUT2D eigenvalue weighted by Crippen LogP contribution is 2.31. The molecule has 0 fully saturated rings. The van der Waals surface area contributed by atoms with Crippen LogP contribution in [0.1, 0.15) is 35.5 Å². The Morgan fingerprint density at radius 3 is 2.71 bits per heavy atom. The van der Waals surface area contributed by atoms with Gasteiger partial charge in [-0.05, 0) is 65.5 Å². The van der Waals surface area contributed by atoms with E-state index < -0.39 is 0 Å². The van der Waals surface area contributed by atoms with Crippen molar-refractivity contribution in [1.29, 1.82) is 0 Å². The highest BCUT2D eigenvalue weighted by molar-refractivity contribution is 9.10. The van der Waals surface area contributed by atoms with E-state index >= 15 is 0 Å². The van der Waals surface area contributed by atoms with Crippen molar-refractivity contribution in [3.63, 3.8) is 0 Å². The van der Waals surface area contributed by atoms with Gasteiger partial charge in [-0.15, -0.1) is 0 Å². The van der Waals surface area contributed by atoms with Crippen LogP contribution >= 0.6 is 15.9 Å². The molecule has 0 aliphatic carbocycles. The van der Waals surface area contributed by atoms with Crippen molar-refractivity contribution in [2.45, 2.75) is 32.4 Å². The Kier molecular flexibility index (Phi) is 3.49. The molecule has 0 N–H and O–H groups in total. The standard InChI is InChI=1S/C19H18BrN3O/c1-19(2)10-13-5-3-4-6-14(13)11-22(19)18(24)17-9-16-8-7-15(20)12-23(16)21-17/h3-9,12H,10-11H2,1-2H3. The van der Waals surface area contributed by atoms with Crippen molar-refractivity contribution < 1.29 is 4.79 Å². The quantitative estimate of drug-likeness (QED) is 0.634. The molecule has 0 saturated carbocycles. The normalized spacial score (nSPS) is 16.2. The van der Waals surface area contributed by atoms with Crippen LogP contribution in [0.2, 0.25) is 0 Å². The number of fused-ring (bicyclic) bond motifs is 2. The number of amides is 1. The van der Waals surface area contributed by atoms with E-state index in [-0.39, 0.29) is 11.4 Å². The van der Waals surface area contributed by atoms with Gasteiger partial charge in [0, 0.05) is 22.8 Å². The van der Waals surface area contributed by atoms with Gasteiger partial charge in [0.25, 0.3) is 5.91 Å². The molecule has 0 unspecified atom stereocenters. The minimum Gasteiger partial charge on any atom is -0.327 e. The first-order valence-electron chi connectivity index (χ1n) is 7.98. The minimum absolute atomic E-state index is 0.0191. The fraction of sp³-hybridized carbons (Fsp3) is 0.263. The zero-order valence-corrected chi connectivity index (χ0v) is 15.2. The van der Waals surface area contributed by atoms with E-state index in [0.717, 1.165) is 16.4 Å². The van der Waals surface area contributed by atoms with Crippen LogP contribution in [0.15, 0.2) is 53.1 Å². The lowest BCUT2D eigenvalue weighted by Crippen LogP contribution is -2.51. The number of carbonyl (C=O) groups excluding carboxylic acids is 1. The summed E-state index contributed by atoms with van der Waals surface area (Å²) in [6, 6.07) is 14.1. The van der Waals surface area contributed by atoms with Crippen LogP contribution in [0.3, 0.4) is 0 Å². The second-order valence-corrected chi connectivity index (χ2v) is 7.81. The molecule has 3 heterocycles. The van der Waals surface area contributed by atoms with Gasteiger partial charge in [-0.3, -0.25) is 4.79 Å². The molecule has 1 aromatic carbocycles. The Balaban J connectivity index is 1.72. The van der Waals surface area contributed by atoms with Gasteiger partial charge in [0.05, 0.1) is 5.52 Å². The largest absolute Gasteiger partial charge is 0.327 e. The van der Waals surface area contributed by atoms with Crippen molar-refractivity contribution in [3.05, 3.63) is 70.0 Å². The van der Waals surface area contributed by atoms with Crippen LogP contribution in [0.5, 0.6) is 0 Å². The van der Waals surface area contributed by atoms with Gasteiger partial charge in [0.15, 0.2) is 5.69 Å². The monoisotopic (exact) mass is 383 g/mol. The van der Waals surface area contributed by atoms with Gasteiger partial charge in [-0.1, -0.05) is 24.3 Å². The number of carbonyl (C=O) groups is 1. The molecule has 0 radical (unpaired) electrons. The number of halogens is 1. The third-order valence-electron chi connectivity index (χ3n) is 4.69. The van der Waals surface area contributed by atoms with Crippen LogP contribution < -0.4 is 0 Å². The van der Waals surface area contributed by atoms with Gasteiger partial charge in [0.2, 0.25) is 0 Å². The molecular formula is C19H18BrN3O. The first kappa shape index (κ1) is 15.4. The summed E-state index contributed by atoms with van der Waals surface area (Å²) in [6.45, 7) is 4.86. The average Bonchev–Trinajstić information content (AvgIpc) is 2.95. The summed E-state index contributed by atoms with van der Waals surface area (Å²) in [5.41, 5.74) is 3.71. The van der Waals surface area contributed by atoms with Crippen LogP contribution in [-0.2, 0) is 13.0 Å². The third kappa shape index (κ3) is 2.53. The Morgan fingerprint density at radius 1 is 1.17 bits per heavy atom. The molecule has 3 aromatic rings. The summed E-state index contributed by atoms with van der Waals surface area (Å²) >= 11 is 3.44. The molecule has 1 aliphatic heterocycles. The lowest BCUT2D eigenvalue weighted by Gasteiger charge is -2.43. The number of benzene rings is 1. The lowest BCUT2D eigenvalue weighted by molar-refractivity contribution is 0.0482. The van der Waals surface area contributed by atoms with E-state index in [1.807, 2.05) is 35.4 Å². The first-order valence-corrected chi connectivity index (χ1v) is 8.77. The van der Waals surface area contributed by atoms with E-state index in [9.17, 15) is 4.79 Å². The zero-order chi connectivity index (χ0) is 16.9. The maximum atomic E-state index is 13.1. The van der Waals surface area contributed by atoms with Crippen LogP contribution in [0.25, 0.3) is 5.52 Å². The molecule has 5 heteroatoms. The highest BCUT2D eigenvalue weighted by Gasteiger charge is 2.37. The van der Waals surface area contributed by atoms with E-state index in [1.165, 1.54) is 11.1 Å². The van der Waals surface area contributed by atoms with Gasteiger partial charge in [-0.2, -0.15) is 5.10 Å². The number of hydrogen-bond acceptors (Lipinski definition) is 2. The summed E-state index contributed by atoms with van der Waals surface area (Å²) in [5.74, 6) is -0.0191. The Bertz CT molecular complexity index is 945. The molecule has 0 atom stereocenters. The van der Waals surface area contributed by atoms with Crippen molar-refractivity contribution in [1.82, 2.24) is 14.5 Å². The number of pyridine rings is 1. The molecular weight excluding hydrogens is 366 g/mol. The predicted octanol–water partition coefficient (Wildman–Crippen LogP) is 4.07. The summed E-state index contributed by atoms with van der Waals surface area (Å²) in [4.78, 5) is 15.1. The van der Waals surface area contributed by atoms with Gasteiger partial charge in [-0.25, -0.2) is 4.52 Å². The Morgan fingerprint density at radius 2 is 1.92 bits per heavy atom. The second kappa shape index (κ2) is 5.45. The van der Waals surface area contributed by atoms with Crippen molar-refractivity contribution in [2.75, 3.05) is 0 Å². The molecule has 0 bridgehead atoms. The maximum Gasteiger partial charge on any atom is 0.275 e. The predicted molar refractivity (Wildman–Crippen MR) is 97.0 cm³/mol. The smallest absolute Gasteiger partial charge is 0.275 e.